The number of terminal acetylenes is 1. The second-order valence-electron chi connectivity index (χ2n) is 3.57. The van der Waals surface area contributed by atoms with Crippen molar-refractivity contribution in [1.82, 2.24) is 5.32 Å². The fraction of sp³-hybridized carbons (Fsp3) is 0.308. The Bertz CT molecular complexity index is 410. The molecule has 1 atom stereocenters. The fourth-order valence-corrected chi connectivity index (χ4v) is 1.64. The van der Waals surface area contributed by atoms with E-state index in [2.05, 4.69) is 11.2 Å². The minimum absolute atomic E-state index is 0.00796. The van der Waals surface area contributed by atoms with Crippen LogP contribution in [0.1, 0.15) is 5.56 Å². The largest absolute Gasteiger partial charge is 0.480 e. The van der Waals surface area contributed by atoms with Gasteiger partial charge in [-0.15, -0.1) is 6.42 Å². The Morgan fingerprint density at radius 2 is 2.18 bits per heavy atom. The third kappa shape index (κ3) is 2.84. The molecule has 4 nitrogen and oxygen atoms in total. The Balaban J connectivity index is 3.15. The average Bonchev–Trinajstić information content (AvgIpc) is 2.35. The first kappa shape index (κ1) is 13.2. The van der Waals surface area contributed by atoms with Crippen molar-refractivity contribution in [3.63, 3.8) is 0 Å². The molecule has 1 rings (SSSR count). The van der Waals surface area contributed by atoms with Gasteiger partial charge >= 0.3 is 5.97 Å². The third-order valence-electron chi connectivity index (χ3n) is 2.48. The van der Waals surface area contributed by atoms with Gasteiger partial charge in [-0.3, -0.25) is 5.32 Å². The van der Waals surface area contributed by atoms with E-state index in [9.17, 15) is 9.90 Å². The highest BCUT2D eigenvalue weighted by molar-refractivity contribution is 5.81. The van der Waals surface area contributed by atoms with Crippen LogP contribution in [-0.2, 0) is 15.1 Å². The first-order chi connectivity index (χ1) is 8.17. The van der Waals surface area contributed by atoms with Crippen molar-refractivity contribution in [2.45, 2.75) is 5.54 Å². The van der Waals surface area contributed by atoms with Crippen LogP contribution < -0.4 is 5.32 Å². The van der Waals surface area contributed by atoms with Crippen LogP contribution in [-0.4, -0.2) is 31.3 Å². The topological polar surface area (TPSA) is 58.6 Å². The second-order valence-corrected chi connectivity index (χ2v) is 3.57. The summed E-state index contributed by atoms with van der Waals surface area (Å²) in [6.07, 6.45) is 5.16. The minimum atomic E-state index is -1.30. The molecule has 1 aromatic rings. The molecule has 1 unspecified atom stereocenters. The van der Waals surface area contributed by atoms with E-state index >= 15 is 0 Å². The van der Waals surface area contributed by atoms with Gasteiger partial charge in [0.15, 0.2) is 5.54 Å². The number of benzene rings is 1. The lowest BCUT2D eigenvalue weighted by atomic mass is 9.90. The smallest absolute Gasteiger partial charge is 0.331 e. The molecule has 0 radical (unpaired) electrons. The zero-order valence-corrected chi connectivity index (χ0v) is 9.64. The summed E-state index contributed by atoms with van der Waals surface area (Å²) >= 11 is 0. The van der Waals surface area contributed by atoms with Gasteiger partial charge in [-0.1, -0.05) is 36.3 Å². The maximum Gasteiger partial charge on any atom is 0.331 e. The Hall–Kier alpha value is -1.83. The van der Waals surface area contributed by atoms with Gasteiger partial charge < -0.3 is 9.84 Å². The molecule has 0 amide bonds. The predicted octanol–water partition coefficient (Wildman–Crippen LogP) is 0.836. The molecule has 0 fully saturated rings. The zero-order valence-electron chi connectivity index (χ0n) is 9.64. The SMILES string of the molecule is C#CCNC(COC)(C(=O)O)c1ccccc1. The highest BCUT2D eigenvalue weighted by Crippen LogP contribution is 2.21. The van der Waals surface area contributed by atoms with E-state index in [0.29, 0.717) is 5.56 Å². The molecule has 0 aliphatic heterocycles. The quantitative estimate of drug-likeness (QED) is 0.715. The molecule has 1 aromatic carbocycles. The number of hydrogen-bond donors (Lipinski definition) is 2. The second kappa shape index (κ2) is 6.04. The van der Waals surface area contributed by atoms with Crippen molar-refractivity contribution >= 4 is 5.97 Å². The number of carboxylic acids is 1. The van der Waals surface area contributed by atoms with Crippen molar-refractivity contribution in [1.29, 1.82) is 0 Å². The molecule has 17 heavy (non-hydrogen) atoms. The lowest BCUT2D eigenvalue weighted by molar-refractivity contribution is -0.147. The number of nitrogens with one attached hydrogen (secondary N) is 1. The number of ether oxygens (including phenoxy) is 1. The van der Waals surface area contributed by atoms with Gasteiger partial charge in [0.1, 0.15) is 0 Å². The normalized spacial score (nSPS) is 13.6. The molecule has 0 saturated carbocycles. The summed E-state index contributed by atoms with van der Waals surface area (Å²) in [6.45, 7) is 0.165. The van der Waals surface area contributed by atoms with Crippen LogP contribution in [0.5, 0.6) is 0 Å². The summed E-state index contributed by atoms with van der Waals surface area (Å²) in [5.41, 5.74) is -0.688. The van der Waals surface area contributed by atoms with Crippen LogP contribution in [0.25, 0.3) is 0 Å². The van der Waals surface area contributed by atoms with Crippen LogP contribution in [0.15, 0.2) is 30.3 Å². The highest BCUT2D eigenvalue weighted by Gasteiger charge is 2.39. The molecule has 90 valence electrons. The van der Waals surface area contributed by atoms with Crippen LogP contribution in [0.3, 0.4) is 0 Å². The van der Waals surface area contributed by atoms with E-state index in [4.69, 9.17) is 11.2 Å². The maximum absolute atomic E-state index is 11.5. The lowest BCUT2D eigenvalue weighted by Crippen LogP contribution is -2.52. The Morgan fingerprint density at radius 1 is 1.53 bits per heavy atom. The molecular formula is C13H15NO3. The fourth-order valence-electron chi connectivity index (χ4n) is 1.64. The molecule has 0 heterocycles. The van der Waals surface area contributed by atoms with Crippen LogP contribution >= 0.6 is 0 Å². The Labute approximate surface area is 101 Å². The zero-order chi connectivity index (χ0) is 12.7. The summed E-state index contributed by atoms with van der Waals surface area (Å²) in [5.74, 6) is 1.36. The molecule has 0 aromatic heterocycles. The molecule has 0 saturated heterocycles. The van der Waals surface area contributed by atoms with Crippen LogP contribution in [0.2, 0.25) is 0 Å². The number of aliphatic carboxylic acids is 1. The van der Waals surface area contributed by atoms with Crippen molar-refractivity contribution in [3.8, 4) is 12.3 Å². The van der Waals surface area contributed by atoms with E-state index in [1.165, 1.54) is 7.11 Å². The monoisotopic (exact) mass is 233 g/mol. The Morgan fingerprint density at radius 3 is 2.65 bits per heavy atom. The van der Waals surface area contributed by atoms with Crippen LogP contribution in [0, 0.1) is 12.3 Å². The molecule has 2 N–H and O–H groups in total. The summed E-state index contributed by atoms with van der Waals surface area (Å²) in [5, 5.41) is 12.3. The van der Waals surface area contributed by atoms with Gasteiger partial charge in [0, 0.05) is 7.11 Å². The van der Waals surface area contributed by atoms with E-state index in [1.54, 1.807) is 24.3 Å². The molecule has 0 aliphatic carbocycles. The maximum atomic E-state index is 11.5. The van der Waals surface area contributed by atoms with E-state index in [1.807, 2.05) is 6.07 Å². The van der Waals surface area contributed by atoms with Crippen molar-refractivity contribution in [2.24, 2.45) is 0 Å². The first-order valence-electron chi connectivity index (χ1n) is 5.13. The van der Waals surface area contributed by atoms with Crippen LogP contribution in [0.4, 0.5) is 0 Å². The minimum Gasteiger partial charge on any atom is -0.480 e. The molecule has 0 bridgehead atoms. The number of rotatable bonds is 6. The molecular weight excluding hydrogens is 218 g/mol. The summed E-state index contributed by atoms with van der Waals surface area (Å²) in [6, 6.07) is 8.85. The first-order valence-corrected chi connectivity index (χ1v) is 5.13. The number of methoxy groups -OCH3 is 1. The predicted molar refractivity (Wildman–Crippen MR) is 64.5 cm³/mol. The lowest BCUT2D eigenvalue weighted by Gasteiger charge is -2.29. The van der Waals surface area contributed by atoms with Gasteiger partial charge in [-0.05, 0) is 5.56 Å². The standard InChI is InChI=1S/C13H15NO3/c1-3-9-14-13(10-17-2,12(15)16)11-7-5-4-6-8-11/h1,4-8,14H,9-10H2,2H3,(H,15,16). The van der Waals surface area contributed by atoms with Crippen molar-refractivity contribution < 1.29 is 14.6 Å². The van der Waals surface area contributed by atoms with Gasteiger partial charge in [0.2, 0.25) is 0 Å². The summed E-state index contributed by atoms with van der Waals surface area (Å²) in [7, 11) is 1.46. The van der Waals surface area contributed by atoms with E-state index < -0.39 is 11.5 Å². The van der Waals surface area contributed by atoms with E-state index in [0.717, 1.165) is 0 Å². The van der Waals surface area contributed by atoms with E-state index in [-0.39, 0.29) is 13.2 Å². The van der Waals surface area contributed by atoms with Gasteiger partial charge in [0.25, 0.3) is 0 Å². The summed E-state index contributed by atoms with van der Waals surface area (Å²) in [4.78, 5) is 11.5. The Kier molecular flexibility index (Phi) is 4.70. The van der Waals surface area contributed by atoms with Gasteiger partial charge in [-0.25, -0.2) is 4.79 Å². The molecule has 0 spiro atoms. The highest BCUT2D eigenvalue weighted by atomic mass is 16.5. The molecule has 0 aliphatic rings. The summed E-state index contributed by atoms with van der Waals surface area (Å²) < 4.78 is 5.01. The van der Waals surface area contributed by atoms with Crippen molar-refractivity contribution in [2.75, 3.05) is 20.3 Å². The number of carboxylic acid groups (broad SMARTS) is 1. The average molecular weight is 233 g/mol. The molecule has 4 heteroatoms. The van der Waals surface area contributed by atoms with Gasteiger partial charge in [0.05, 0.1) is 13.2 Å². The number of hydrogen-bond acceptors (Lipinski definition) is 3. The van der Waals surface area contributed by atoms with Crippen molar-refractivity contribution in [3.05, 3.63) is 35.9 Å². The number of carbonyl (C=O) groups is 1. The third-order valence-corrected chi connectivity index (χ3v) is 2.48. The van der Waals surface area contributed by atoms with Gasteiger partial charge in [-0.2, -0.15) is 0 Å².